The Labute approximate surface area is 209 Å². The lowest BCUT2D eigenvalue weighted by atomic mass is 10.0. The molecule has 5 rings (SSSR count). The zero-order chi connectivity index (χ0) is 24.6. The molecule has 1 saturated heterocycles. The minimum atomic E-state index is -1.88. The maximum Gasteiger partial charge on any atom is 0.192 e. The fraction of sp³-hybridized carbons (Fsp3) is 0.556. The summed E-state index contributed by atoms with van der Waals surface area (Å²) in [4.78, 5) is 5.06. The van der Waals surface area contributed by atoms with Crippen molar-refractivity contribution in [2.24, 2.45) is 0 Å². The lowest BCUT2D eigenvalue weighted by Crippen LogP contribution is -2.40. The van der Waals surface area contributed by atoms with Crippen LogP contribution in [0, 0.1) is 0 Å². The van der Waals surface area contributed by atoms with Crippen molar-refractivity contribution < 1.29 is 13.9 Å². The van der Waals surface area contributed by atoms with Gasteiger partial charge in [0, 0.05) is 30.8 Å². The summed E-state index contributed by atoms with van der Waals surface area (Å²) >= 11 is 0. The van der Waals surface area contributed by atoms with Crippen LogP contribution in [0.1, 0.15) is 63.9 Å². The van der Waals surface area contributed by atoms with Gasteiger partial charge in [-0.2, -0.15) is 5.10 Å². The molecule has 1 fully saturated rings. The summed E-state index contributed by atoms with van der Waals surface area (Å²) in [5.41, 5.74) is 6.50. The molecular formula is C27H38N4O3Si. The van der Waals surface area contributed by atoms with Crippen molar-refractivity contribution >= 4 is 19.5 Å². The van der Waals surface area contributed by atoms with Crippen LogP contribution in [-0.4, -0.2) is 47.3 Å². The molecule has 8 heteroatoms. The number of rotatable bonds is 6. The number of hydrogen-bond acceptors (Lipinski definition) is 5. The molecule has 188 valence electrons. The van der Waals surface area contributed by atoms with E-state index >= 15 is 0 Å². The van der Waals surface area contributed by atoms with Gasteiger partial charge in [-0.1, -0.05) is 26.8 Å². The molecule has 0 saturated carbocycles. The molecule has 0 amide bonds. The van der Waals surface area contributed by atoms with Gasteiger partial charge in [-0.05, 0) is 67.1 Å². The van der Waals surface area contributed by atoms with E-state index in [1.54, 1.807) is 0 Å². The minimum absolute atomic E-state index is 0.0314. The summed E-state index contributed by atoms with van der Waals surface area (Å²) in [6.45, 7) is 14.1. The van der Waals surface area contributed by atoms with Gasteiger partial charge in [-0.25, -0.2) is 9.67 Å². The fourth-order valence-corrected chi connectivity index (χ4v) is 5.46. The molecule has 35 heavy (non-hydrogen) atoms. The van der Waals surface area contributed by atoms with Crippen LogP contribution >= 0.6 is 0 Å². The number of nitrogens with zero attached hydrogens (tertiary/aromatic N) is 4. The molecule has 3 aromatic rings. The molecular weight excluding hydrogens is 456 g/mol. The summed E-state index contributed by atoms with van der Waals surface area (Å²) in [6, 6.07) is 4.34. The highest BCUT2D eigenvalue weighted by Gasteiger charge is 2.37. The zero-order valence-electron chi connectivity index (χ0n) is 21.7. The Kier molecular flexibility index (Phi) is 6.74. The average molecular weight is 495 g/mol. The van der Waals surface area contributed by atoms with E-state index in [-0.39, 0.29) is 11.3 Å². The molecule has 1 unspecified atom stereocenters. The maximum atomic E-state index is 6.50. The maximum absolute atomic E-state index is 6.50. The van der Waals surface area contributed by atoms with E-state index in [0.717, 1.165) is 61.5 Å². The SMILES string of the molecule is CC(C)(C)[Si](C)(C)OCc1cn2cc(C3=CCOCC3)cc(-c3ccnn3C3CCCCO3)c2n1. The number of hydrogen-bond donors (Lipinski definition) is 0. The monoisotopic (exact) mass is 494 g/mol. The zero-order valence-corrected chi connectivity index (χ0v) is 22.7. The molecule has 1 atom stereocenters. The quantitative estimate of drug-likeness (QED) is 0.381. The largest absolute Gasteiger partial charge is 0.411 e. The highest BCUT2D eigenvalue weighted by molar-refractivity contribution is 6.74. The Morgan fingerprint density at radius 1 is 1.17 bits per heavy atom. The number of pyridine rings is 1. The summed E-state index contributed by atoms with van der Waals surface area (Å²) in [5, 5.41) is 4.83. The van der Waals surface area contributed by atoms with Crippen molar-refractivity contribution in [1.29, 1.82) is 0 Å². The summed E-state index contributed by atoms with van der Waals surface area (Å²) in [5.74, 6) is 0. The van der Waals surface area contributed by atoms with Crippen molar-refractivity contribution in [3.05, 3.63) is 48.1 Å². The van der Waals surface area contributed by atoms with E-state index in [1.165, 1.54) is 11.1 Å². The first-order chi connectivity index (χ1) is 16.7. The smallest absolute Gasteiger partial charge is 0.192 e. The normalized spacial score (nSPS) is 19.8. The number of imidazole rings is 1. The van der Waals surface area contributed by atoms with E-state index < -0.39 is 8.32 Å². The molecule has 0 radical (unpaired) electrons. The van der Waals surface area contributed by atoms with Crippen LogP contribution in [-0.2, 0) is 20.5 Å². The lowest BCUT2D eigenvalue weighted by molar-refractivity contribution is -0.0383. The second kappa shape index (κ2) is 9.65. The van der Waals surface area contributed by atoms with Crippen LogP contribution in [0.5, 0.6) is 0 Å². The topological polar surface area (TPSA) is 62.8 Å². The summed E-state index contributed by atoms with van der Waals surface area (Å²) in [6.07, 6.45) is 12.5. The second-order valence-electron chi connectivity index (χ2n) is 11.2. The Morgan fingerprint density at radius 3 is 2.74 bits per heavy atom. The predicted octanol–water partition coefficient (Wildman–Crippen LogP) is 6.22. The van der Waals surface area contributed by atoms with Gasteiger partial charge in [0.2, 0.25) is 0 Å². The highest BCUT2D eigenvalue weighted by atomic mass is 28.4. The molecule has 3 aromatic heterocycles. The van der Waals surface area contributed by atoms with Gasteiger partial charge in [0.1, 0.15) is 5.65 Å². The van der Waals surface area contributed by atoms with E-state index in [0.29, 0.717) is 13.2 Å². The first-order valence-corrected chi connectivity index (χ1v) is 15.7. The van der Waals surface area contributed by atoms with Gasteiger partial charge in [-0.3, -0.25) is 0 Å². The number of aromatic nitrogens is 4. The van der Waals surface area contributed by atoms with Gasteiger partial charge in [0.15, 0.2) is 14.5 Å². The third-order valence-electron chi connectivity index (χ3n) is 7.70. The van der Waals surface area contributed by atoms with Gasteiger partial charge in [0.25, 0.3) is 0 Å². The fourth-order valence-electron chi connectivity index (χ4n) is 4.52. The van der Waals surface area contributed by atoms with Gasteiger partial charge < -0.3 is 18.3 Å². The van der Waals surface area contributed by atoms with Crippen molar-refractivity contribution in [2.45, 2.75) is 77.4 Å². The van der Waals surface area contributed by atoms with E-state index in [1.807, 2.05) is 10.9 Å². The molecule has 0 aliphatic carbocycles. The van der Waals surface area contributed by atoms with Gasteiger partial charge in [0.05, 0.1) is 31.2 Å². The summed E-state index contributed by atoms with van der Waals surface area (Å²) < 4.78 is 22.4. The molecule has 7 nitrogen and oxygen atoms in total. The van der Waals surface area contributed by atoms with Crippen LogP contribution in [0.2, 0.25) is 18.1 Å². The first kappa shape index (κ1) is 24.4. The van der Waals surface area contributed by atoms with Crippen LogP contribution < -0.4 is 0 Å². The number of ether oxygens (including phenoxy) is 2. The molecule has 5 heterocycles. The van der Waals surface area contributed by atoms with Crippen molar-refractivity contribution in [2.75, 3.05) is 19.8 Å². The molecule has 2 aliphatic heterocycles. The predicted molar refractivity (Wildman–Crippen MR) is 141 cm³/mol. The van der Waals surface area contributed by atoms with E-state index in [4.69, 9.17) is 18.9 Å². The molecule has 0 aromatic carbocycles. The van der Waals surface area contributed by atoms with Crippen LogP contribution in [0.15, 0.2) is 36.8 Å². The van der Waals surface area contributed by atoms with Gasteiger partial charge >= 0.3 is 0 Å². The Balaban J connectivity index is 1.57. The molecule has 0 N–H and O–H groups in total. The van der Waals surface area contributed by atoms with E-state index in [2.05, 4.69) is 74.0 Å². The summed E-state index contributed by atoms with van der Waals surface area (Å²) in [7, 11) is -1.88. The van der Waals surface area contributed by atoms with Crippen LogP contribution in [0.25, 0.3) is 22.5 Å². The minimum Gasteiger partial charge on any atom is -0.411 e. The van der Waals surface area contributed by atoms with Crippen LogP contribution in [0.3, 0.4) is 0 Å². The second-order valence-corrected chi connectivity index (χ2v) is 16.0. The number of fused-ring (bicyclic) bond motifs is 1. The van der Waals surface area contributed by atoms with Crippen molar-refractivity contribution in [3.8, 4) is 11.3 Å². The van der Waals surface area contributed by atoms with Crippen molar-refractivity contribution in [1.82, 2.24) is 19.2 Å². The van der Waals surface area contributed by atoms with E-state index in [9.17, 15) is 0 Å². The first-order valence-electron chi connectivity index (χ1n) is 12.8. The average Bonchev–Trinajstić information content (AvgIpc) is 3.50. The Bertz CT molecular complexity index is 1210. The van der Waals surface area contributed by atoms with Crippen LogP contribution in [0.4, 0.5) is 0 Å². The Morgan fingerprint density at radius 2 is 2.03 bits per heavy atom. The van der Waals surface area contributed by atoms with Crippen molar-refractivity contribution in [3.63, 3.8) is 0 Å². The Hall–Kier alpha value is -2.26. The standard InChI is InChI=1S/C27H38N4O3Si/c1-27(2,3)35(4,5)34-19-22-18-30-17-21(20-10-14-32-15-11-20)16-23(26(30)29-22)24-9-12-28-31(24)25-8-6-7-13-33-25/h9-10,12,16-18,25H,6-8,11,13-15,19H2,1-5H3. The van der Waals surface area contributed by atoms with Gasteiger partial charge in [-0.15, -0.1) is 0 Å². The highest BCUT2D eigenvalue weighted by Crippen LogP contribution is 2.37. The molecule has 0 bridgehead atoms. The third-order valence-corrected chi connectivity index (χ3v) is 12.2. The molecule has 2 aliphatic rings. The third kappa shape index (κ3) is 5.02. The lowest BCUT2D eigenvalue weighted by Gasteiger charge is -2.35. The molecule has 0 spiro atoms.